The molecule has 0 unspecified atom stereocenters. The second-order valence-corrected chi connectivity index (χ2v) is 7.40. The molecule has 0 saturated carbocycles. The molecule has 0 aliphatic heterocycles. The van der Waals surface area contributed by atoms with E-state index in [1.54, 1.807) is 26.8 Å². The summed E-state index contributed by atoms with van der Waals surface area (Å²) in [6.07, 6.45) is 0. The van der Waals surface area contributed by atoms with Gasteiger partial charge < -0.3 is 9.84 Å². The number of sulfonamides is 1. The highest BCUT2D eigenvalue weighted by Crippen LogP contribution is 2.22. The van der Waals surface area contributed by atoms with Gasteiger partial charge in [-0.25, -0.2) is 12.7 Å². The smallest absolute Gasteiger partial charge is 0.247 e. The molecule has 2 aromatic heterocycles. The van der Waals surface area contributed by atoms with Gasteiger partial charge in [0.25, 0.3) is 0 Å². The summed E-state index contributed by atoms with van der Waals surface area (Å²) in [7, 11) is -0.719. The van der Waals surface area contributed by atoms with Crippen LogP contribution in [0.1, 0.15) is 17.1 Å². The number of aromatic nitrogens is 3. The van der Waals surface area contributed by atoms with Crippen molar-refractivity contribution < 1.29 is 17.7 Å². The van der Waals surface area contributed by atoms with Crippen molar-refractivity contribution >= 4 is 21.7 Å². The van der Waals surface area contributed by atoms with Crippen LogP contribution >= 0.6 is 0 Å². The van der Waals surface area contributed by atoms with Gasteiger partial charge in [0, 0.05) is 20.2 Å². The van der Waals surface area contributed by atoms with E-state index in [0.717, 1.165) is 4.31 Å². The largest absolute Gasteiger partial charge is 0.360 e. The molecule has 0 fully saturated rings. The number of carbonyl (C=O) groups excluding carboxylic acids is 1. The van der Waals surface area contributed by atoms with Gasteiger partial charge in [-0.1, -0.05) is 5.16 Å². The van der Waals surface area contributed by atoms with Gasteiger partial charge in [0.1, 0.15) is 17.2 Å². The molecule has 126 valence electrons. The summed E-state index contributed by atoms with van der Waals surface area (Å²) >= 11 is 0. The first-order valence-corrected chi connectivity index (χ1v) is 8.26. The van der Waals surface area contributed by atoms with Crippen LogP contribution in [0.3, 0.4) is 0 Å². The molecule has 2 rings (SSSR count). The molecule has 23 heavy (non-hydrogen) atoms. The van der Waals surface area contributed by atoms with Crippen LogP contribution in [0.4, 0.5) is 5.82 Å². The van der Waals surface area contributed by atoms with Gasteiger partial charge in [-0.05, 0) is 20.8 Å². The minimum Gasteiger partial charge on any atom is -0.360 e. The Kier molecular flexibility index (Phi) is 4.57. The molecule has 0 bridgehead atoms. The number of aryl methyl sites for hydroxylation is 2. The lowest BCUT2D eigenvalue weighted by Gasteiger charge is -2.11. The second-order valence-electron chi connectivity index (χ2n) is 5.32. The number of nitrogens with zero attached hydrogens (tertiary/aromatic N) is 4. The van der Waals surface area contributed by atoms with Crippen LogP contribution in [0.15, 0.2) is 15.5 Å². The van der Waals surface area contributed by atoms with Gasteiger partial charge in [-0.3, -0.25) is 9.48 Å². The number of carbonyl (C=O) groups is 1. The maximum absolute atomic E-state index is 12.3. The molecular weight excluding hydrogens is 322 g/mol. The van der Waals surface area contributed by atoms with E-state index in [1.807, 2.05) is 0 Å². The van der Waals surface area contributed by atoms with Crippen LogP contribution in [-0.2, 0) is 21.4 Å². The molecule has 1 amide bonds. The highest BCUT2D eigenvalue weighted by molar-refractivity contribution is 7.89. The third-order valence-electron chi connectivity index (χ3n) is 3.24. The van der Waals surface area contributed by atoms with Crippen molar-refractivity contribution in [1.82, 2.24) is 19.2 Å². The zero-order chi connectivity index (χ0) is 17.4. The fourth-order valence-corrected chi connectivity index (χ4v) is 3.39. The third kappa shape index (κ3) is 3.42. The van der Waals surface area contributed by atoms with Crippen LogP contribution in [0.25, 0.3) is 0 Å². The van der Waals surface area contributed by atoms with Crippen molar-refractivity contribution in [3.8, 4) is 0 Å². The Hall–Kier alpha value is -2.20. The van der Waals surface area contributed by atoms with Crippen molar-refractivity contribution in [2.24, 2.45) is 0 Å². The van der Waals surface area contributed by atoms with Crippen LogP contribution < -0.4 is 5.32 Å². The van der Waals surface area contributed by atoms with E-state index in [-0.39, 0.29) is 17.3 Å². The van der Waals surface area contributed by atoms with Crippen molar-refractivity contribution in [2.45, 2.75) is 32.2 Å². The Morgan fingerprint density at radius 2 is 2.00 bits per heavy atom. The van der Waals surface area contributed by atoms with Crippen molar-refractivity contribution in [1.29, 1.82) is 0 Å². The maximum Gasteiger partial charge on any atom is 0.247 e. The summed E-state index contributed by atoms with van der Waals surface area (Å²) in [5.41, 5.74) is 0.754. The molecule has 10 heteroatoms. The van der Waals surface area contributed by atoms with E-state index in [0.29, 0.717) is 23.0 Å². The van der Waals surface area contributed by atoms with Crippen molar-refractivity contribution in [3.63, 3.8) is 0 Å². The minimum absolute atomic E-state index is 0.118. The summed E-state index contributed by atoms with van der Waals surface area (Å²) < 4.78 is 32.0. The average Bonchev–Trinajstić information content (AvgIpc) is 2.93. The average molecular weight is 341 g/mol. The first-order valence-electron chi connectivity index (χ1n) is 6.82. The van der Waals surface area contributed by atoms with Crippen LogP contribution in [0, 0.1) is 20.8 Å². The molecule has 2 aromatic rings. The molecule has 1 N–H and O–H groups in total. The lowest BCUT2D eigenvalue weighted by molar-refractivity contribution is -0.117. The Balaban J connectivity index is 2.23. The molecule has 0 aliphatic carbocycles. The minimum atomic E-state index is -3.62. The van der Waals surface area contributed by atoms with Crippen molar-refractivity contribution in [2.75, 3.05) is 19.4 Å². The monoisotopic (exact) mass is 341 g/mol. The van der Waals surface area contributed by atoms with Gasteiger partial charge in [0.05, 0.1) is 11.4 Å². The lowest BCUT2D eigenvalue weighted by atomic mass is 10.4. The fourth-order valence-electron chi connectivity index (χ4n) is 2.13. The molecule has 2 heterocycles. The fraction of sp³-hybridized carbons (Fsp3) is 0.462. The molecule has 0 aromatic carbocycles. The second kappa shape index (κ2) is 6.13. The Bertz CT molecular complexity index is 835. The van der Waals surface area contributed by atoms with E-state index >= 15 is 0 Å². The molecular formula is C13H19N5O4S. The van der Waals surface area contributed by atoms with Gasteiger partial charge in [-0.15, -0.1) is 0 Å². The molecule has 0 aliphatic rings. The van der Waals surface area contributed by atoms with E-state index in [4.69, 9.17) is 4.52 Å². The molecule has 0 atom stereocenters. The van der Waals surface area contributed by atoms with Gasteiger partial charge >= 0.3 is 0 Å². The molecule has 0 saturated heterocycles. The summed E-state index contributed by atoms with van der Waals surface area (Å²) in [6.45, 7) is 4.80. The molecule has 9 nitrogen and oxygen atoms in total. The number of amides is 1. The number of anilines is 1. The van der Waals surface area contributed by atoms with Crippen LogP contribution in [0.5, 0.6) is 0 Å². The summed E-state index contributed by atoms with van der Waals surface area (Å²) in [5, 5.41) is 10.4. The van der Waals surface area contributed by atoms with Crippen LogP contribution in [0.2, 0.25) is 0 Å². The quantitative estimate of drug-likeness (QED) is 0.856. The molecule has 0 radical (unpaired) electrons. The number of rotatable bonds is 5. The lowest BCUT2D eigenvalue weighted by Crippen LogP contribution is -2.24. The maximum atomic E-state index is 12.3. The normalized spacial score (nSPS) is 11.9. The van der Waals surface area contributed by atoms with Gasteiger partial charge in [0.15, 0.2) is 5.82 Å². The first-order chi connectivity index (χ1) is 10.6. The number of nitrogens with one attached hydrogen (secondary N) is 1. The van der Waals surface area contributed by atoms with Crippen molar-refractivity contribution in [3.05, 3.63) is 23.2 Å². The zero-order valence-electron chi connectivity index (χ0n) is 13.6. The predicted octanol–water partition coefficient (Wildman–Crippen LogP) is 0.685. The van der Waals surface area contributed by atoms with E-state index in [9.17, 15) is 13.2 Å². The van der Waals surface area contributed by atoms with E-state index in [1.165, 1.54) is 18.8 Å². The Labute approximate surface area is 134 Å². The van der Waals surface area contributed by atoms with Crippen LogP contribution in [-0.4, -0.2) is 47.7 Å². The Morgan fingerprint density at radius 1 is 1.35 bits per heavy atom. The summed E-state index contributed by atoms with van der Waals surface area (Å²) in [6, 6.07) is 1.58. The van der Waals surface area contributed by atoms with Gasteiger partial charge in [-0.2, -0.15) is 5.10 Å². The standard InChI is InChI=1S/C13H19N5O4S/c1-8-6-11(16-22-8)14-12(19)7-18-10(3)13(9(2)15-18)23(20,21)17(4)5/h6H,7H2,1-5H3,(H,14,16,19). The summed E-state index contributed by atoms with van der Waals surface area (Å²) in [4.78, 5) is 12.2. The first kappa shape index (κ1) is 17.2. The SMILES string of the molecule is Cc1cc(NC(=O)Cn2nc(C)c(S(=O)(=O)N(C)C)c2C)no1. The molecule has 0 spiro atoms. The summed E-state index contributed by atoms with van der Waals surface area (Å²) in [5.74, 6) is 0.499. The number of hydrogen-bond donors (Lipinski definition) is 1. The predicted molar refractivity (Wildman–Crippen MR) is 82.4 cm³/mol. The Morgan fingerprint density at radius 3 is 2.52 bits per heavy atom. The zero-order valence-corrected chi connectivity index (χ0v) is 14.4. The highest BCUT2D eigenvalue weighted by atomic mass is 32.2. The third-order valence-corrected chi connectivity index (χ3v) is 5.31. The number of hydrogen-bond acceptors (Lipinski definition) is 6. The highest BCUT2D eigenvalue weighted by Gasteiger charge is 2.27. The van der Waals surface area contributed by atoms with E-state index in [2.05, 4.69) is 15.6 Å². The van der Waals surface area contributed by atoms with Gasteiger partial charge in [0.2, 0.25) is 15.9 Å². The topological polar surface area (TPSA) is 110 Å². The van der Waals surface area contributed by atoms with E-state index < -0.39 is 10.0 Å².